The summed E-state index contributed by atoms with van der Waals surface area (Å²) < 4.78 is 55.2. The molecule has 1 saturated heterocycles. The minimum atomic E-state index is -4.50. The van der Waals surface area contributed by atoms with E-state index in [4.69, 9.17) is 9.47 Å². The van der Waals surface area contributed by atoms with Crippen LogP contribution in [0.4, 0.5) is 18.9 Å². The lowest BCUT2D eigenvalue weighted by atomic mass is 10.0. The van der Waals surface area contributed by atoms with Crippen molar-refractivity contribution in [3.05, 3.63) is 88.3 Å². The molecule has 0 spiro atoms. The summed E-state index contributed by atoms with van der Waals surface area (Å²) in [7, 11) is 3.24. The number of piperidine rings is 1. The number of imidazole rings is 1. The maximum atomic E-state index is 13.7. The number of nitrogens with zero attached hydrogens (tertiary/aromatic N) is 3. The van der Waals surface area contributed by atoms with Crippen LogP contribution in [0, 0.1) is 0 Å². The maximum absolute atomic E-state index is 13.7. The van der Waals surface area contributed by atoms with Crippen molar-refractivity contribution in [2.75, 3.05) is 32.2 Å². The Hall–Kier alpha value is -3.88. The smallest absolute Gasteiger partial charge is 0.416 e. The zero-order valence-electron chi connectivity index (χ0n) is 20.7. The second kappa shape index (κ2) is 9.88. The van der Waals surface area contributed by atoms with Gasteiger partial charge in [-0.1, -0.05) is 36.4 Å². The molecule has 9 heteroatoms. The molecule has 1 fully saturated rings. The van der Waals surface area contributed by atoms with E-state index in [9.17, 15) is 18.0 Å². The summed E-state index contributed by atoms with van der Waals surface area (Å²) >= 11 is 0. The van der Waals surface area contributed by atoms with Crippen LogP contribution in [0.1, 0.15) is 30.0 Å². The molecule has 1 aliphatic rings. The number of ether oxygens (including phenoxy) is 2. The van der Waals surface area contributed by atoms with E-state index in [1.165, 1.54) is 16.7 Å². The van der Waals surface area contributed by atoms with Gasteiger partial charge in [0, 0.05) is 19.1 Å². The van der Waals surface area contributed by atoms with Crippen molar-refractivity contribution in [1.82, 2.24) is 9.13 Å². The van der Waals surface area contributed by atoms with E-state index in [0.717, 1.165) is 28.8 Å². The highest BCUT2D eigenvalue weighted by atomic mass is 19.4. The van der Waals surface area contributed by atoms with Crippen LogP contribution >= 0.6 is 0 Å². The topological polar surface area (TPSA) is 48.6 Å². The molecule has 6 nitrogen and oxygen atoms in total. The van der Waals surface area contributed by atoms with Gasteiger partial charge in [0.1, 0.15) is 17.2 Å². The van der Waals surface area contributed by atoms with E-state index in [0.29, 0.717) is 31.4 Å². The lowest BCUT2D eigenvalue weighted by Gasteiger charge is -2.35. The minimum Gasteiger partial charge on any atom is -0.494 e. The first-order valence-electron chi connectivity index (χ1n) is 12.1. The summed E-state index contributed by atoms with van der Waals surface area (Å²) in [5, 5.41) is 0. The fourth-order valence-corrected chi connectivity index (χ4v) is 5.33. The number of hydrogen-bond donors (Lipinski definition) is 0. The Labute approximate surface area is 212 Å². The third-order valence-electron chi connectivity index (χ3n) is 7.07. The summed E-state index contributed by atoms with van der Waals surface area (Å²) in [5.74, 6) is 1.43. The highest BCUT2D eigenvalue weighted by Crippen LogP contribution is 2.40. The standard InChI is InChI=1S/C28H28F3N3O3/c1-36-24-12-7-13-25(37-2)26(24)32-16-14-20(15-17-32)34-23-11-6-5-10-22(23)33(27(34)35)18-19-8-3-4-9-21(19)28(29,30)31/h3-13,20H,14-18H2,1-2H3. The number of rotatable bonds is 6. The molecule has 1 aliphatic heterocycles. The molecule has 0 bridgehead atoms. The van der Waals surface area contributed by atoms with Crippen LogP contribution in [-0.2, 0) is 12.7 Å². The van der Waals surface area contributed by atoms with Crippen molar-refractivity contribution in [2.45, 2.75) is 31.6 Å². The molecule has 194 valence electrons. The first kappa shape index (κ1) is 24.8. The van der Waals surface area contributed by atoms with Gasteiger partial charge < -0.3 is 14.4 Å². The first-order valence-corrected chi connectivity index (χ1v) is 12.1. The van der Waals surface area contributed by atoms with E-state index in [2.05, 4.69) is 4.90 Å². The van der Waals surface area contributed by atoms with Crippen molar-refractivity contribution >= 4 is 16.7 Å². The van der Waals surface area contributed by atoms with Gasteiger partial charge in [-0.25, -0.2) is 4.79 Å². The van der Waals surface area contributed by atoms with Gasteiger partial charge in [0.25, 0.3) is 0 Å². The number of hydrogen-bond acceptors (Lipinski definition) is 4. The summed E-state index contributed by atoms with van der Waals surface area (Å²) in [6.45, 7) is 1.19. The predicted molar refractivity (Wildman–Crippen MR) is 137 cm³/mol. The second-order valence-electron chi connectivity index (χ2n) is 9.11. The van der Waals surface area contributed by atoms with Gasteiger partial charge in [-0.05, 0) is 48.7 Å². The number of aromatic nitrogens is 2. The van der Waals surface area contributed by atoms with Crippen molar-refractivity contribution in [2.24, 2.45) is 0 Å². The lowest BCUT2D eigenvalue weighted by molar-refractivity contribution is -0.138. The molecular weight excluding hydrogens is 483 g/mol. The Balaban J connectivity index is 1.48. The monoisotopic (exact) mass is 511 g/mol. The molecule has 0 unspecified atom stereocenters. The fourth-order valence-electron chi connectivity index (χ4n) is 5.33. The molecule has 0 saturated carbocycles. The number of anilines is 1. The Morgan fingerprint density at radius 1 is 0.838 bits per heavy atom. The number of fused-ring (bicyclic) bond motifs is 1. The van der Waals surface area contributed by atoms with E-state index >= 15 is 0 Å². The summed E-state index contributed by atoms with van der Waals surface area (Å²) in [6, 6.07) is 18.3. The van der Waals surface area contributed by atoms with Crippen LogP contribution in [-0.4, -0.2) is 36.4 Å². The van der Waals surface area contributed by atoms with Crippen molar-refractivity contribution in [1.29, 1.82) is 0 Å². The molecule has 5 rings (SSSR count). The van der Waals surface area contributed by atoms with Crippen LogP contribution in [0.15, 0.2) is 71.5 Å². The summed E-state index contributed by atoms with van der Waals surface area (Å²) in [4.78, 5) is 15.9. The molecule has 1 aromatic heterocycles. The van der Waals surface area contributed by atoms with Crippen LogP contribution < -0.4 is 20.1 Å². The maximum Gasteiger partial charge on any atom is 0.416 e. The largest absolute Gasteiger partial charge is 0.494 e. The van der Waals surface area contributed by atoms with E-state index in [1.54, 1.807) is 37.0 Å². The molecule has 37 heavy (non-hydrogen) atoms. The van der Waals surface area contributed by atoms with Gasteiger partial charge in [0.15, 0.2) is 0 Å². The Kier molecular flexibility index (Phi) is 6.62. The first-order chi connectivity index (χ1) is 17.8. The van der Waals surface area contributed by atoms with Gasteiger partial charge >= 0.3 is 11.9 Å². The molecule has 0 atom stereocenters. The minimum absolute atomic E-state index is 0.0677. The second-order valence-corrected chi connectivity index (χ2v) is 9.11. The van der Waals surface area contributed by atoms with Crippen LogP contribution in [0.2, 0.25) is 0 Å². The number of para-hydroxylation sites is 3. The average Bonchev–Trinajstić information content (AvgIpc) is 3.19. The molecule has 0 radical (unpaired) electrons. The molecule has 0 aliphatic carbocycles. The normalized spacial score (nSPS) is 14.8. The Morgan fingerprint density at radius 2 is 1.43 bits per heavy atom. The number of methoxy groups -OCH3 is 2. The Bertz CT molecular complexity index is 1440. The zero-order chi connectivity index (χ0) is 26.2. The molecule has 0 N–H and O–H groups in total. The van der Waals surface area contributed by atoms with Crippen molar-refractivity contribution in [3.8, 4) is 11.5 Å². The summed E-state index contributed by atoms with van der Waals surface area (Å²) in [5.41, 5.74) is 1.27. The van der Waals surface area contributed by atoms with Crippen LogP contribution in [0.5, 0.6) is 11.5 Å². The molecular formula is C28H28F3N3O3. The SMILES string of the molecule is COc1cccc(OC)c1N1CCC(n2c(=O)n(Cc3ccccc3C(F)(F)F)c3ccccc32)CC1. The summed E-state index contributed by atoms with van der Waals surface area (Å²) in [6.07, 6.45) is -3.12. The third kappa shape index (κ3) is 4.54. The van der Waals surface area contributed by atoms with Crippen LogP contribution in [0.3, 0.4) is 0 Å². The lowest BCUT2D eigenvalue weighted by Crippen LogP contribution is -2.38. The van der Waals surface area contributed by atoms with Gasteiger partial charge in [-0.3, -0.25) is 9.13 Å². The highest BCUT2D eigenvalue weighted by molar-refractivity contribution is 5.76. The molecule has 4 aromatic rings. The highest BCUT2D eigenvalue weighted by Gasteiger charge is 2.34. The van der Waals surface area contributed by atoms with Gasteiger partial charge in [0.05, 0.1) is 37.4 Å². The van der Waals surface area contributed by atoms with Crippen molar-refractivity contribution < 1.29 is 22.6 Å². The third-order valence-corrected chi connectivity index (χ3v) is 7.07. The van der Waals surface area contributed by atoms with E-state index in [-0.39, 0.29) is 23.8 Å². The molecule has 2 heterocycles. The quantitative estimate of drug-likeness (QED) is 0.332. The van der Waals surface area contributed by atoms with Crippen molar-refractivity contribution in [3.63, 3.8) is 0 Å². The van der Waals surface area contributed by atoms with E-state index in [1.807, 2.05) is 30.3 Å². The predicted octanol–water partition coefficient (Wildman–Crippen LogP) is 5.73. The van der Waals surface area contributed by atoms with Gasteiger partial charge in [-0.15, -0.1) is 0 Å². The average molecular weight is 512 g/mol. The number of benzene rings is 3. The van der Waals surface area contributed by atoms with E-state index < -0.39 is 11.7 Å². The fraction of sp³-hybridized carbons (Fsp3) is 0.321. The molecule has 0 amide bonds. The van der Waals surface area contributed by atoms with Crippen LogP contribution in [0.25, 0.3) is 11.0 Å². The van der Waals surface area contributed by atoms with Gasteiger partial charge in [-0.2, -0.15) is 13.2 Å². The number of alkyl halides is 3. The molecule has 3 aromatic carbocycles. The zero-order valence-corrected chi connectivity index (χ0v) is 20.7. The van der Waals surface area contributed by atoms with Gasteiger partial charge in [0.2, 0.25) is 0 Å². The number of halogens is 3. The Morgan fingerprint density at radius 3 is 2.05 bits per heavy atom.